The van der Waals surface area contributed by atoms with Crippen LogP contribution in [0.2, 0.25) is 0 Å². The van der Waals surface area contributed by atoms with Gasteiger partial charge in [-0.2, -0.15) is 0 Å². The summed E-state index contributed by atoms with van der Waals surface area (Å²) in [5.41, 5.74) is 2.46. The summed E-state index contributed by atoms with van der Waals surface area (Å²) in [6.45, 7) is 9.09. The molecular formula is C17H25N3O. The fourth-order valence-corrected chi connectivity index (χ4v) is 2.47. The standard InChI is InChI=1S/C17H25N3O/c1-5-18-11-14-6-7-16(21-4)15(10-14)12-20-9-8-19-17(20)13(2)3/h6-10,13,18H,5,11-12H2,1-4H3. The van der Waals surface area contributed by atoms with E-state index in [9.17, 15) is 0 Å². The molecule has 0 saturated heterocycles. The fraction of sp³-hybridized carbons (Fsp3) is 0.471. The van der Waals surface area contributed by atoms with Crippen molar-refractivity contribution in [3.63, 3.8) is 0 Å². The van der Waals surface area contributed by atoms with Crippen LogP contribution in [0, 0.1) is 0 Å². The molecule has 0 spiro atoms. The molecule has 1 heterocycles. The van der Waals surface area contributed by atoms with Crippen LogP contribution in [-0.4, -0.2) is 23.2 Å². The Morgan fingerprint density at radius 3 is 2.81 bits per heavy atom. The molecule has 0 fully saturated rings. The molecule has 0 aliphatic rings. The zero-order valence-corrected chi connectivity index (χ0v) is 13.4. The van der Waals surface area contributed by atoms with Crippen molar-refractivity contribution < 1.29 is 4.74 Å². The number of aromatic nitrogens is 2. The Bertz CT molecular complexity index is 575. The van der Waals surface area contributed by atoms with Crippen LogP contribution in [0.25, 0.3) is 0 Å². The second-order valence-corrected chi connectivity index (χ2v) is 5.49. The molecule has 0 amide bonds. The van der Waals surface area contributed by atoms with Gasteiger partial charge in [-0.1, -0.05) is 26.8 Å². The number of hydrogen-bond acceptors (Lipinski definition) is 3. The summed E-state index contributed by atoms with van der Waals surface area (Å²) in [5, 5.41) is 3.36. The van der Waals surface area contributed by atoms with Gasteiger partial charge in [-0.15, -0.1) is 0 Å². The average molecular weight is 287 g/mol. The number of hydrogen-bond donors (Lipinski definition) is 1. The van der Waals surface area contributed by atoms with Gasteiger partial charge in [0.15, 0.2) is 0 Å². The molecule has 4 heteroatoms. The third kappa shape index (κ3) is 3.85. The molecule has 21 heavy (non-hydrogen) atoms. The van der Waals surface area contributed by atoms with Gasteiger partial charge in [-0.3, -0.25) is 0 Å². The van der Waals surface area contributed by atoms with Gasteiger partial charge < -0.3 is 14.6 Å². The monoisotopic (exact) mass is 287 g/mol. The molecule has 1 aromatic heterocycles. The second-order valence-electron chi connectivity index (χ2n) is 5.49. The SMILES string of the molecule is CCNCc1ccc(OC)c(Cn2ccnc2C(C)C)c1. The van der Waals surface area contributed by atoms with E-state index in [0.29, 0.717) is 5.92 Å². The van der Waals surface area contributed by atoms with E-state index >= 15 is 0 Å². The maximum absolute atomic E-state index is 5.50. The van der Waals surface area contributed by atoms with Crippen molar-refractivity contribution in [2.24, 2.45) is 0 Å². The Morgan fingerprint density at radius 2 is 2.14 bits per heavy atom. The third-order valence-corrected chi connectivity index (χ3v) is 3.53. The van der Waals surface area contributed by atoms with E-state index in [1.165, 1.54) is 11.1 Å². The van der Waals surface area contributed by atoms with Gasteiger partial charge in [0.1, 0.15) is 11.6 Å². The molecule has 4 nitrogen and oxygen atoms in total. The minimum absolute atomic E-state index is 0.413. The molecule has 0 unspecified atom stereocenters. The summed E-state index contributed by atoms with van der Waals surface area (Å²) in [6, 6.07) is 6.38. The first-order valence-electron chi connectivity index (χ1n) is 7.53. The van der Waals surface area contributed by atoms with Gasteiger partial charge in [-0.05, 0) is 24.2 Å². The van der Waals surface area contributed by atoms with E-state index in [-0.39, 0.29) is 0 Å². The van der Waals surface area contributed by atoms with Crippen molar-refractivity contribution in [1.82, 2.24) is 14.9 Å². The highest BCUT2D eigenvalue weighted by molar-refractivity contribution is 5.37. The van der Waals surface area contributed by atoms with Crippen LogP contribution >= 0.6 is 0 Å². The average Bonchev–Trinajstić information content (AvgIpc) is 2.93. The number of imidazole rings is 1. The van der Waals surface area contributed by atoms with Crippen molar-refractivity contribution in [1.29, 1.82) is 0 Å². The van der Waals surface area contributed by atoms with Crippen molar-refractivity contribution >= 4 is 0 Å². The predicted octanol–water partition coefficient (Wildman–Crippen LogP) is 3.17. The maximum atomic E-state index is 5.50. The zero-order valence-electron chi connectivity index (χ0n) is 13.4. The van der Waals surface area contributed by atoms with E-state index in [2.05, 4.69) is 47.8 Å². The smallest absolute Gasteiger partial charge is 0.123 e. The molecule has 1 aromatic carbocycles. The van der Waals surface area contributed by atoms with Crippen LogP contribution in [0.1, 0.15) is 43.6 Å². The number of ether oxygens (including phenoxy) is 1. The molecule has 0 bridgehead atoms. The highest BCUT2D eigenvalue weighted by Gasteiger charge is 2.10. The number of nitrogens with one attached hydrogen (secondary N) is 1. The van der Waals surface area contributed by atoms with E-state index in [1.54, 1.807) is 7.11 Å². The van der Waals surface area contributed by atoms with Gasteiger partial charge in [0.25, 0.3) is 0 Å². The molecule has 1 N–H and O–H groups in total. The highest BCUT2D eigenvalue weighted by atomic mass is 16.5. The van der Waals surface area contributed by atoms with Gasteiger partial charge in [0.2, 0.25) is 0 Å². The van der Waals surface area contributed by atoms with Gasteiger partial charge in [-0.25, -0.2) is 4.98 Å². The normalized spacial score (nSPS) is 11.1. The van der Waals surface area contributed by atoms with Crippen molar-refractivity contribution in [2.75, 3.05) is 13.7 Å². The molecule has 0 radical (unpaired) electrons. The van der Waals surface area contributed by atoms with Gasteiger partial charge >= 0.3 is 0 Å². The number of rotatable bonds is 7. The van der Waals surface area contributed by atoms with E-state index in [4.69, 9.17) is 4.74 Å². The Kier molecular flexibility index (Phi) is 5.39. The number of methoxy groups -OCH3 is 1. The van der Waals surface area contributed by atoms with E-state index < -0.39 is 0 Å². The molecule has 0 aliphatic carbocycles. The highest BCUT2D eigenvalue weighted by Crippen LogP contribution is 2.23. The van der Waals surface area contributed by atoms with Crippen molar-refractivity contribution in [3.05, 3.63) is 47.5 Å². The second kappa shape index (κ2) is 7.27. The van der Waals surface area contributed by atoms with E-state index in [0.717, 1.165) is 31.2 Å². The molecule has 2 aromatic rings. The quantitative estimate of drug-likeness (QED) is 0.850. The van der Waals surface area contributed by atoms with Crippen LogP contribution < -0.4 is 10.1 Å². The molecule has 0 aliphatic heterocycles. The summed E-state index contributed by atoms with van der Waals surface area (Å²) in [6.07, 6.45) is 3.90. The molecule has 2 rings (SSSR count). The molecule has 114 valence electrons. The van der Waals surface area contributed by atoms with Crippen LogP contribution in [0.15, 0.2) is 30.6 Å². The van der Waals surface area contributed by atoms with Crippen LogP contribution in [0.4, 0.5) is 0 Å². The lowest BCUT2D eigenvalue weighted by Crippen LogP contribution is -2.12. The Hall–Kier alpha value is -1.81. The van der Waals surface area contributed by atoms with Crippen LogP contribution in [0.3, 0.4) is 0 Å². The van der Waals surface area contributed by atoms with Crippen LogP contribution in [-0.2, 0) is 13.1 Å². The first-order chi connectivity index (χ1) is 10.2. The Balaban J connectivity index is 2.26. The molecule has 0 saturated carbocycles. The van der Waals surface area contributed by atoms with E-state index in [1.807, 2.05) is 18.5 Å². The minimum Gasteiger partial charge on any atom is -0.496 e. The first kappa shape index (κ1) is 15.6. The Morgan fingerprint density at radius 1 is 1.33 bits per heavy atom. The lowest BCUT2D eigenvalue weighted by atomic mass is 10.1. The van der Waals surface area contributed by atoms with Crippen LogP contribution in [0.5, 0.6) is 5.75 Å². The summed E-state index contributed by atoms with van der Waals surface area (Å²) in [5.74, 6) is 2.45. The first-order valence-corrected chi connectivity index (χ1v) is 7.53. The summed E-state index contributed by atoms with van der Waals surface area (Å²) in [4.78, 5) is 4.45. The fourth-order valence-electron chi connectivity index (χ4n) is 2.47. The zero-order chi connectivity index (χ0) is 15.2. The van der Waals surface area contributed by atoms with Gasteiger partial charge in [0, 0.05) is 30.4 Å². The third-order valence-electron chi connectivity index (χ3n) is 3.53. The molecular weight excluding hydrogens is 262 g/mol. The van der Waals surface area contributed by atoms with Crippen molar-refractivity contribution in [2.45, 2.75) is 39.8 Å². The summed E-state index contributed by atoms with van der Waals surface area (Å²) in [7, 11) is 1.72. The predicted molar refractivity (Wildman–Crippen MR) is 85.8 cm³/mol. The topological polar surface area (TPSA) is 39.1 Å². The number of nitrogens with zero attached hydrogens (tertiary/aromatic N) is 2. The van der Waals surface area contributed by atoms with Crippen molar-refractivity contribution in [3.8, 4) is 5.75 Å². The number of benzene rings is 1. The maximum Gasteiger partial charge on any atom is 0.123 e. The van der Waals surface area contributed by atoms with Gasteiger partial charge in [0.05, 0.1) is 13.7 Å². The largest absolute Gasteiger partial charge is 0.496 e. The summed E-state index contributed by atoms with van der Waals surface area (Å²) >= 11 is 0. The molecule has 0 atom stereocenters. The lowest BCUT2D eigenvalue weighted by Gasteiger charge is -2.14. The summed E-state index contributed by atoms with van der Waals surface area (Å²) < 4.78 is 7.69. The Labute approximate surface area is 127 Å². The minimum atomic E-state index is 0.413. The lowest BCUT2D eigenvalue weighted by molar-refractivity contribution is 0.407.